The highest BCUT2D eigenvalue weighted by Gasteiger charge is 2.26. The van der Waals surface area contributed by atoms with Crippen LogP contribution in [-0.4, -0.2) is 18.0 Å². The van der Waals surface area contributed by atoms with Crippen molar-refractivity contribution < 1.29 is 0 Å². The van der Waals surface area contributed by atoms with Gasteiger partial charge in [-0.05, 0) is 38.9 Å². The van der Waals surface area contributed by atoms with Gasteiger partial charge in [0, 0.05) is 5.54 Å². The molecule has 0 saturated heterocycles. The van der Waals surface area contributed by atoms with Gasteiger partial charge in [-0.15, -0.1) is 0 Å². The van der Waals surface area contributed by atoms with Gasteiger partial charge in [0.2, 0.25) is 0 Å². The first kappa shape index (κ1) is 12.3. The van der Waals surface area contributed by atoms with E-state index in [1.54, 1.807) is 0 Å². The second-order valence-corrected chi connectivity index (χ2v) is 4.50. The molecule has 0 unspecified atom stereocenters. The molecule has 0 bridgehead atoms. The molecule has 1 heteroatoms. The number of rotatable bonds is 5. The highest BCUT2D eigenvalue weighted by atomic mass is 15.2. The van der Waals surface area contributed by atoms with E-state index in [0.717, 1.165) is 6.54 Å². The summed E-state index contributed by atoms with van der Waals surface area (Å²) in [5.74, 6) is 0. The van der Waals surface area contributed by atoms with Gasteiger partial charge in [0.15, 0.2) is 0 Å². The predicted molar refractivity (Wildman–Crippen MR) is 67.0 cm³/mol. The summed E-state index contributed by atoms with van der Waals surface area (Å²) in [5, 5.41) is 0. The van der Waals surface area contributed by atoms with Crippen molar-refractivity contribution in [2.24, 2.45) is 0 Å². The second kappa shape index (κ2) is 5.32. The summed E-state index contributed by atoms with van der Waals surface area (Å²) in [5.41, 5.74) is 1.55. The lowest BCUT2D eigenvalue weighted by molar-refractivity contribution is 0.127. The fraction of sp³-hybridized carbons (Fsp3) is 0.571. The van der Waals surface area contributed by atoms with Gasteiger partial charge in [-0.25, -0.2) is 0 Å². The van der Waals surface area contributed by atoms with Crippen LogP contribution in [0.15, 0.2) is 30.3 Å². The maximum absolute atomic E-state index is 2.53. The average molecular weight is 205 g/mol. The van der Waals surface area contributed by atoms with E-state index in [1.165, 1.54) is 18.5 Å². The zero-order chi connectivity index (χ0) is 11.3. The van der Waals surface area contributed by atoms with E-state index in [9.17, 15) is 0 Å². The molecule has 84 valence electrons. The number of nitrogens with zero attached hydrogens (tertiary/aromatic N) is 1. The average Bonchev–Trinajstić information content (AvgIpc) is 2.27. The maximum atomic E-state index is 2.53. The van der Waals surface area contributed by atoms with Crippen molar-refractivity contribution >= 4 is 0 Å². The quantitative estimate of drug-likeness (QED) is 0.709. The van der Waals surface area contributed by atoms with Gasteiger partial charge in [0.25, 0.3) is 0 Å². The van der Waals surface area contributed by atoms with Crippen LogP contribution in [0, 0.1) is 0 Å². The molecule has 0 atom stereocenters. The molecule has 0 aromatic heterocycles. The van der Waals surface area contributed by atoms with E-state index in [1.807, 2.05) is 0 Å². The molecule has 0 fully saturated rings. The molecule has 1 rings (SSSR count). The summed E-state index contributed by atoms with van der Waals surface area (Å²) in [7, 11) is 0. The monoisotopic (exact) mass is 205 g/mol. The van der Waals surface area contributed by atoms with Crippen molar-refractivity contribution in [3.8, 4) is 0 Å². The number of benzene rings is 1. The van der Waals surface area contributed by atoms with Gasteiger partial charge in [-0.3, -0.25) is 4.90 Å². The first-order chi connectivity index (χ1) is 7.12. The van der Waals surface area contributed by atoms with Gasteiger partial charge in [0.05, 0.1) is 0 Å². The van der Waals surface area contributed by atoms with Gasteiger partial charge in [0.1, 0.15) is 0 Å². The van der Waals surface area contributed by atoms with Crippen LogP contribution >= 0.6 is 0 Å². The van der Waals surface area contributed by atoms with Gasteiger partial charge in [-0.2, -0.15) is 0 Å². The van der Waals surface area contributed by atoms with Crippen molar-refractivity contribution in [3.05, 3.63) is 35.9 Å². The zero-order valence-electron chi connectivity index (χ0n) is 10.5. The summed E-state index contributed by atoms with van der Waals surface area (Å²) < 4.78 is 0. The molecular formula is C14H23N. The van der Waals surface area contributed by atoms with Gasteiger partial charge >= 0.3 is 0 Å². The summed E-state index contributed by atoms with van der Waals surface area (Å²) in [6.45, 7) is 11.4. The highest BCUT2D eigenvalue weighted by molar-refractivity contribution is 5.22. The Hall–Kier alpha value is -0.820. The number of hydrogen-bond acceptors (Lipinski definition) is 1. The Balaban J connectivity index is 2.89. The molecule has 0 saturated carbocycles. The van der Waals surface area contributed by atoms with Crippen LogP contribution in [0.2, 0.25) is 0 Å². The minimum atomic E-state index is 0.145. The minimum Gasteiger partial charge on any atom is -0.294 e. The summed E-state index contributed by atoms with van der Waals surface area (Å²) >= 11 is 0. The lowest BCUT2D eigenvalue weighted by Gasteiger charge is -2.38. The highest BCUT2D eigenvalue weighted by Crippen LogP contribution is 2.27. The molecule has 0 aliphatic carbocycles. The topological polar surface area (TPSA) is 3.24 Å². The standard InChI is InChI=1S/C14H23N/c1-5-12-15(6-2)14(3,4)13-10-8-7-9-11-13/h7-11H,5-6,12H2,1-4H3. The third-order valence-electron chi connectivity index (χ3n) is 3.15. The van der Waals surface area contributed by atoms with Gasteiger partial charge < -0.3 is 0 Å². The van der Waals surface area contributed by atoms with E-state index in [4.69, 9.17) is 0 Å². The lowest BCUT2D eigenvalue weighted by atomic mass is 9.92. The molecule has 1 aromatic rings. The van der Waals surface area contributed by atoms with Crippen LogP contribution in [0.25, 0.3) is 0 Å². The fourth-order valence-electron chi connectivity index (χ4n) is 2.13. The molecule has 0 aliphatic rings. The number of hydrogen-bond donors (Lipinski definition) is 0. The van der Waals surface area contributed by atoms with Crippen molar-refractivity contribution in [2.45, 2.75) is 39.7 Å². The molecule has 0 radical (unpaired) electrons. The van der Waals surface area contributed by atoms with Crippen molar-refractivity contribution in [1.29, 1.82) is 0 Å². The zero-order valence-corrected chi connectivity index (χ0v) is 10.5. The molecule has 0 N–H and O–H groups in total. The third kappa shape index (κ3) is 2.82. The van der Waals surface area contributed by atoms with Crippen LogP contribution in [0.3, 0.4) is 0 Å². The smallest absolute Gasteiger partial charge is 0.0404 e. The largest absolute Gasteiger partial charge is 0.294 e. The van der Waals surface area contributed by atoms with E-state index in [-0.39, 0.29) is 5.54 Å². The molecule has 0 aliphatic heterocycles. The predicted octanol–water partition coefficient (Wildman–Crippen LogP) is 3.65. The minimum absolute atomic E-state index is 0.145. The van der Waals surface area contributed by atoms with Crippen LogP contribution in [0.4, 0.5) is 0 Å². The van der Waals surface area contributed by atoms with E-state index >= 15 is 0 Å². The van der Waals surface area contributed by atoms with Gasteiger partial charge in [-0.1, -0.05) is 44.2 Å². The Morgan fingerprint density at radius 3 is 2.13 bits per heavy atom. The molecule has 1 aromatic carbocycles. The Bertz CT molecular complexity index is 277. The first-order valence-electron chi connectivity index (χ1n) is 5.93. The third-order valence-corrected chi connectivity index (χ3v) is 3.15. The van der Waals surface area contributed by atoms with E-state index in [2.05, 4.69) is 62.9 Å². The Kier molecular flexibility index (Phi) is 4.34. The van der Waals surface area contributed by atoms with Crippen LogP contribution in [-0.2, 0) is 5.54 Å². The van der Waals surface area contributed by atoms with Crippen LogP contribution < -0.4 is 0 Å². The van der Waals surface area contributed by atoms with Crippen molar-refractivity contribution in [3.63, 3.8) is 0 Å². The molecular weight excluding hydrogens is 182 g/mol. The first-order valence-corrected chi connectivity index (χ1v) is 5.93. The summed E-state index contributed by atoms with van der Waals surface area (Å²) in [6, 6.07) is 10.8. The Morgan fingerprint density at radius 2 is 1.67 bits per heavy atom. The van der Waals surface area contributed by atoms with E-state index in [0.29, 0.717) is 0 Å². The maximum Gasteiger partial charge on any atom is 0.0404 e. The van der Waals surface area contributed by atoms with Crippen molar-refractivity contribution in [2.75, 3.05) is 13.1 Å². The molecule has 1 nitrogen and oxygen atoms in total. The lowest BCUT2D eigenvalue weighted by Crippen LogP contribution is -2.41. The van der Waals surface area contributed by atoms with Crippen LogP contribution in [0.1, 0.15) is 39.7 Å². The molecule has 0 spiro atoms. The normalized spacial score (nSPS) is 12.1. The summed E-state index contributed by atoms with van der Waals surface area (Å²) in [4.78, 5) is 2.53. The molecule has 0 amide bonds. The Labute approximate surface area is 94.1 Å². The van der Waals surface area contributed by atoms with Crippen molar-refractivity contribution in [1.82, 2.24) is 4.90 Å². The molecule has 15 heavy (non-hydrogen) atoms. The fourth-order valence-corrected chi connectivity index (χ4v) is 2.13. The SMILES string of the molecule is CCCN(CC)C(C)(C)c1ccccc1. The molecule has 0 heterocycles. The van der Waals surface area contributed by atoms with E-state index < -0.39 is 0 Å². The Morgan fingerprint density at radius 1 is 1.07 bits per heavy atom. The summed E-state index contributed by atoms with van der Waals surface area (Å²) in [6.07, 6.45) is 1.21. The van der Waals surface area contributed by atoms with Crippen LogP contribution in [0.5, 0.6) is 0 Å². The second-order valence-electron chi connectivity index (χ2n) is 4.50.